The molecule has 4 aromatic rings. The summed E-state index contributed by atoms with van der Waals surface area (Å²) in [6, 6.07) is 23.7. The average Bonchev–Trinajstić information content (AvgIpc) is 3.54. The molecule has 1 aliphatic heterocycles. The Hall–Kier alpha value is -4.33. The first kappa shape index (κ1) is 28.2. The number of aromatic amines is 1. The lowest BCUT2D eigenvalue weighted by Gasteiger charge is -2.39. The Morgan fingerprint density at radius 1 is 0.976 bits per heavy atom. The van der Waals surface area contributed by atoms with Crippen LogP contribution in [-0.2, 0) is 22.6 Å². The van der Waals surface area contributed by atoms with Crippen molar-refractivity contribution in [3.05, 3.63) is 83.9 Å². The van der Waals surface area contributed by atoms with Crippen molar-refractivity contribution in [1.82, 2.24) is 25.5 Å². The molecule has 212 valence electrons. The Labute approximate surface area is 241 Å². The number of carbonyl (C=O) groups excluding carboxylic acids is 2. The third-order valence-electron chi connectivity index (χ3n) is 7.79. The van der Waals surface area contributed by atoms with E-state index in [-0.39, 0.29) is 17.7 Å². The molecule has 1 atom stereocenters. The summed E-state index contributed by atoms with van der Waals surface area (Å²) in [7, 11) is 0. The van der Waals surface area contributed by atoms with Gasteiger partial charge in [-0.3, -0.25) is 9.59 Å². The van der Waals surface area contributed by atoms with Gasteiger partial charge in [0.1, 0.15) is 6.04 Å². The van der Waals surface area contributed by atoms with Crippen molar-refractivity contribution in [3.8, 4) is 22.5 Å². The maximum absolute atomic E-state index is 14.2. The van der Waals surface area contributed by atoms with Crippen LogP contribution in [0.15, 0.2) is 72.8 Å². The summed E-state index contributed by atoms with van der Waals surface area (Å²) in [6.45, 7) is 7.20. The highest BCUT2D eigenvalue weighted by molar-refractivity contribution is 6.00. The van der Waals surface area contributed by atoms with Crippen molar-refractivity contribution < 1.29 is 9.59 Å². The predicted molar refractivity (Wildman–Crippen MR) is 161 cm³/mol. The Morgan fingerprint density at radius 3 is 2.41 bits per heavy atom. The van der Waals surface area contributed by atoms with E-state index in [1.807, 2.05) is 78.2 Å². The van der Waals surface area contributed by atoms with E-state index < -0.39 is 6.04 Å². The summed E-state index contributed by atoms with van der Waals surface area (Å²) >= 11 is 0. The van der Waals surface area contributed by atoms with Crippen LogP contribution in [-0.4, -0.2) is 49.9 Å². The number of para-hydroxylation sites is 1. The number of unbranched alkanes of at least 4 members (excludes halogenated alkanes) is 1. The molecule has 1 aromatic heterocycles. The molecule has 2 heterocycles. The first-order valence-corrected chi connectivity index (χ1v) is 14.6. The monoisotopic (exact) mass is 550 g/mol. The highest BCUT2D eigenvalue weighted by atomic mass is 16.2. The first-order chi connectivity index (χ1) is 20.0. The average molecular weight is 551 g/mol. The van der Waals surface area contributed by atoms with Gasteiger partial charge in [-0.05, 0) is 58.7 Å². The van der Waals surface area contributed by atoms with E-state index in [9.17, 15) is 9.59 Å². The fraction of sp³-hybridized carbons (Fsp3) is 0.364. The Morgan fingerprint density at radius 2 is 1.71 bits per heavy atom. The summed E-state index contributed by atoms with van der Waals surface area (Å²) in [4.78, 5) is 31.6. The molecule has 0 spiro atoms. The summed E-state index contributed by atoms with van der Waals surface area (Å²) in [5.74, 6) is 0.525. The number of hydrogen-bond donors (Lipinski definition) is 1. The predicted octanol–water partition coefficient (Wildman–Crippen LogP) is 6.06. The van der Waals surface area contributed by atoms with Crippen LogP contribution in [0, 0.1) is 5.92 Å². The van der Waals surface area contributed by atoms with E-state index in [1.165, 1.54) is 5.56 Å². The lowest BCUT2D eigenvalue weighted by molar-refractivity contribution is -0.142. The van der Waals surface area contributed by atoms with Crippen LogP contribution < -0.4 is 4.90 Å². The molecule has 8 nitrogen and oxygen atoms in total. The van der Waals surface area contributed by atoms with Crippen molar-refractivity contribution in [2.24, 2.45) is 5.92 Å². The third kappa shape index (κ3) is 6.21. The lowest BCUT2D eigenvalue weighted by atomic mass is 9.95. The van der Waals surface area contributed by atoms with E-state index in [0.29, 0.717) is 25.3 Å². The highest BCUT2D eigenvalue weighted by Crippen LogP contribution is 2.32. The van der Waals surface area contributed by atoms with E-state index >= 15 is 0 Å². The molecule has 1 N–H and O–H groups in total. The third-order valence-corrected chi connectivity index (χ3v) is 7.79. The number of H-pyrrole nitrogens is 1. The van der Waals surface area contributed by atoms with E-state index in [0.717, 1.165) is 53.6 Å². The number of aryl methyl sites for hydroxylation is 1. The zero-order valence-electron chi connectivity index (χ0n) is 24.1. The van der Waals surface area contributed by atoms with Crippen molar-refractivity contribution in [3.63, 3.8) is 0 Å². The minimum Gasteiger partial charge on any atom is -0.326 e. The SMILES string of the molecule is CCCCC(=O)N(Cc1ccc(-c2ccccc2-c2nn[nH]n2)cc1)[C@H](C(=O)N1CCCc2ccccc21)C(C)C. The van der Waals surface area contributed by atoms with E-state index in [1.54, 1.807) is 0 Å². The molecule has 3 aromatic carbocycles. The minimum absolute atomic E-state index is 0.00246. The molecule has 5 rings (SSSR count). The summed E-state index contributed by atoms with van der Waals surface area (Å²) in [6.07, 6.45) is 4.04. The molecule has 1 aliphatic rings. The number of benzene rings is 3. The zero-order chi connectivity index (χ0) is 28.8. The number of tetrazole rings is 1. The Balaban J connectivity index is 1.44. The van der Waals surface area contributed by atoms with Gasteiger partial charge < -0.3 is 9.80 Å². The number of anilines is 1. The van der Waals surface area contributed by atoms with Gasteiger partial charge in [0, 0.05) is 30.8 Å². The molecule has 0 bridgehead atoms. The van der Waals surface area contributed by atoms with Gasteiger partial charge >= 0.3 is 0 Å². The van der Waals surface area contributed by atoms with Gasteiger partial charge in [0.2, 0.25) is 17.6 Å². The van der Waals surface area contributed by atoms with Gasteiger partial charge in [-0.25, -0.2) is 0 Å². The number of carbonyl (C=O) groups is 2. The van der Waals surface area contributed by atoms with E-state index in [4.69, 9.17) is 0 Å². The van der Waals surface area contributed by atoms with Crippen molar-refractivity contribution in [1.29, 1.82) is 0 Å². The molecular weight excluding hydrogens is 512 g/mol. The molecule has 41 heavy (non-hydrogen) atoms. The van der Waals surface area contributed by atoms with Crippen LogP contribution >= 0.6 is 0 Å². The van der Waals surface area contributed by atoms with E-state index in [2.05, 4.69) is 45.7 Å². The molecule has 0 saturated carbocycles. The van der Waals surface area contributed by atoms with Gasteiger partial charge in [-0.2, -0.15) is 5.21 Å². The summed E-state index contributed by atoms with van der Waals surface area (Å²) in [5, 5.41) is 14.5. The normalized spacial score (nSPS) is 13.6. The minimum atomic E-state index is -0.552. The maximum Gasteiger partial charge on any atom is 0.250 e. The molecule has 2 amide bonds. The molecular formula is C33H38N6O2. The molecule has 0 aliphatic carbocycles. The van der Waals surface area contributed by atoms with Gasteiger partial charge in [0.05, 0.1) is 0 Å². The number of amides is 2. The number of rotatable bonds is 10. The Kier molecular flexibility index (Phi) is 8.87. The fourth-order valence-electron chi connectivity index (χ4n) is 5.71. The summed E-state index contributed by atoms with van der Waals surface area (Å²) < 4.78 is 0. The quantitative estimate of drug-likeness (QED) is 0.259. The molecule has 0 unspecified atom stereocenters. The van der Waals surface area contributed by atoms with Gasteiger partial charge in [-0.1, -0.05) is 93.9 Å². The second-order valence-corrected chi connectivity index (χ2v) is 11.0. The number of fused-ring (bicyclic) bond motifs is 1. The maximum atomic E-state index is 14.2. The van der Waals surface area contributed by atoms with Crippen LogP contribution in [0.5, 0.6) is 0 Å². The zero-order valence-corrected chi connectivity index (χ0v) is 24.1. The van der Waals surface area contributed by atoms with Gasteiger partial charge in [-0.15, -0.1) is 10.2 Å². The van der Waals surface area contributed by atoms with Gasteiger partial charge in [0.15, 0.2) is 0 Å². The first-order valence-electron chi connectivity index (χ1n) is 14.6. The molecule has 0 fully saturated rings. The lowest BCUT2D eigenvalue weighted by Crippen LogP contribution is -2.54. The highest BCUT2D eigenvalue weighted by Gasteiger charge is 2.37. The van der Waals surface area contributed by atoms with Crippen molar-refractivity contribution in [2.45, 2.75) is 65.5 Å². The smallest absolute Gasteiger partial charge is 0.250 e. The van der Waals surface area contributed by atoms with Gasteiger partial charge in [0.25, 0.3) is 0 Å². The number of nitrogens with zero attached hydrogens (tertiary/aromatic N) is 5. The number of hydrogen-bond acceptors (Lipinski definition) is 5. The largest absolute Gasteiger partial charge is 0.326 e. The van der Waals surface area contributed by atoms with Crippen molar-refractivity contribution >= 4 is 17.5 Å². The van der Waals surface area contributed by atoms with Crippen molar-refractivity contribution in [2.75, 3.05) is 11.4 Å². The molecule has 8 heteroatoms. The Bertz CT molecular complexity index is 1470. The summed E-state index contributed by atoms with van der Waals surface area (Å²) in [5.41, 5.74) is 6.04. The van der Waals surface area contributed by atoms with Crippen LogP contribution in [0.25, 0.3) is 22.5 Å². The standard InChI is InChI=1S/C33H38N6O2/c1-4-5-16-30(40)39(31(23(2)3)33(41)38-21-10-12-26-11-6-9-15-29(26)38)22-24-17-19-25(20-18-24)27-13-7-8-14-28(27)32-34-36-37-35-32/h6-9,11,13-15,17-20,23,31H,4-5,10,12,16,21-22H2,1-3H3,(H,34,35,36,37)/t31-/m0/s1. The molecule has 0 saturated heterocycles. The van der Waals surface area contributed by atoms with Crippen LogP contribution in [0.4, 0.5) is 5.69 Å². The topological polar surface area (TPSA) is 95.1 Å². The van der Waals surface area contributed by atoms with Crippen LogP contribution in [0.3, 0.4) is 0 Å². The fourth-order valence-corrected chi connectivity index (χ4v) is 5.71. The number of nitrogens with one attached hydrogen (secondary N) is 1. The molecule has 0 radical (unpaired) electrons. The van der Waals surface area contributed by atoms with Crippen LogP contribution in [0.2, 0.25) is 0 Å². The second-order valence-electron chi connectivity index (χ2n) is 11.0. The number of aromatic nitrogens is 4. The van der Waals surface area contributed by atoms with Crippen LogP contribution in [0.1, 0.15) is 57.6 Å². The second kappa shape index (κ2) is 12.9.